The topological polar surface area (TPSA) is 12.0 Å². The number of rotatable bonds is 6. The van der Waals surface area contributed by atoms with Crippen molar-refractivity contribution >= 4 is 0 Å². The molecule has 1 N–H and O–H groups in total. The molecule has 0 radical (unpaired) electrons. The van der Waals surface area contributed by atoms with Gasteiger partial charge in [0.25, 0.3) is 0 Å². The van der Waals surface area contributed by atoms with Crippen LogP contribution in [0.1, 0.15) is 68.2 Å². The van der Waals surface area contributed by atoms with Crippen molar-refractivity contribution < 1.29 is 0 Å². The molecule has 0 spiro atoms. The van der Waals surface area contributed by atoms with E-state index in [4.69, 9.17) is 0 Å². The normalized spacial score (nSPS) is 37.8. The van der Waals surface area contributed by atoms with Gasteiger partial charge < -0.3 is 5.32 Å². The van der Waals surface area contributed by atoms with Gasteiger partial charge in [-0.05, 0) is 54.4 Å². The van der Waals surface area contributed by atoms with Crippen molar-refractivity contribution in [3.63, 3.8) is 0 Å². The monoisotopic (exact) mass is 277 g/mol. The van der Waals surface area contributed by atoms with Gasteiger partial charge >= 0.3 is 0 Å². The second-order valence-corrected chi connectivity index (χ2v) is 9.09. The first-order valence-corrected chi connectivity index (χ1v) is 8.44. The summed E-state index contributed by atoms with van der Waals surface area (Å²) in [4.78, 5) is 0. The van der Waals surface area contributed by atoms with E-state index >= 15 is 0 Å². The third kappa shape index (κ3) is 2.84. The minimum atomic E-state index is 0.349. The summed E-state index contributed by atoms with van der Waals surface area (Å²) in [5.74, 6) is 1.65. The molecule has 20 heavy (non-hydrogen) atoms. The third-order valence-corrected chi connectivity index (χ3v) is 6.85. The zero-order valence-electron chi connectivity index (χ0n) is 15.0. The molecular formula is C19H35N. The van der Waals surface area contributed by atoms with E-state index in [0.29, 0.717) is 16.2 Å². The van der Waals surface area contributed by atoms with E-state index in [9.17, 15) is 0 Å². The Morgan fingerprint density at radius 2 is 1.70 bits per heavy atom. The molecule has 0 aromatic rings. The second kappa shape index (κ2) is 4.87. The first-order valence-electron chi connectivity index (χ1n) is 8.44. The maximum Gasteiger partial charge on any atom is 0.00105 e. The highest BCUT2D eigenvalue weighted by atomic mass is 14.9. The number of hydrogen-bond donors (Lipinski definition) is 1. The number of allylic oxidation sites excluding steroid dienone is 2. The molecule has 0 aliphatic heterocycles. The van der Waals surface area contributed by atoms with E-state index in [0.717, 1.165) is 18.4 Å². The van der Waals surface area contributed by atoms with Crippen LogP contribution in [-0.2, 0) is 0 Å². The van der Waals surface area contributed by atoms with Crippen molar-refractivity contribution in [3.8, 4) is 0 Å². The van der Waals surface area contributed by atoms with Crippen molar-refractivity contribution in [3.05, 3.63) is 11.1 Å². The van der Waals surface area contributed by atoms with E-state index in [2.05, 4.69) is 60.7 Å². The third-order valence-electron chi connectivity index (χ3n) is 6.85. The highest BCUT2D eigenvalue weighted by molar-refractivity contribution is 5.35. The lowest BCUT2D eigenvalue weighted by Crippen LogP contribution is -2.29. The van der Waals surface area contributed by atoms with Crippen molar-refractivity contribution in [2.75, 3.05) is 13.1 Å². The number of nitrogens with one attached hydrogen (secondary N) is 1. The molecule has 2 unspecified atom stereocenters. The van der Waals surface area contributed by atoms with E-state index in [-0.39, 0.29) is 0 Å². The van der Waals surface area contributed by atoms with Crippen LogP contribution in [0, 0.1) is 28.1 Å². The van der Waals surface area contributed by atoms with Crippen molar-refractivity contribution in [1.29, 1.82) is 0 Å². The molecule has 0 amide bonds. The van der Waals surface area contributed by atoms with Crippen molar-refractivity contribution in [2.24, 2.45) is 28.1 Å². The van der Waals surface area contributed by atoms with Gasteiger partial charge in [0.1, 0.15) is 0 Å². The van der Waals surface area contributed by atoms with E-state index in [1.54, 1.807) is 11.1 Å². The van der Waals surface area contributed by atoms with Crippen LogP contribution in [0.3, 0.4) is 0 Å². The molecule has 116 valence electrons. The van der Waals surface area contributed by atoms with Crippen LogP contribution in [0.5, 0.6) is 0 Å². The van der Waals surface area contributed by atoms with Crippen LogP contribution in [0.4, 0.5) is 0 Å². The maximum atomic E-state index is 3.71. The van der Waals surface area contributed by atoms with Crippen LogP contribution in [-0.4, -0.2) is 13.1 Å². The molecule has 0 bridgehead atoms. The highest BCUT2D eigenvalue weighted by Gasteiger charge is 2.56. The van der Waals surface area contributed by atoms with Crippen molar-refractivity contribution in [1.82, 2.24) is 5.32 Å². The van der Waals surface area contributed by atoms with Gasteiger partial charge in [-0.15, -0.1) is 0 Å². The first-order chi connectivity index (χ1) is 9.02. The standard InChI is InChI=1S/C19H35N/c1-13-14(2)16(13)15(3)17(4,5)9-10-20-12-19(8)11-18(19,6)7/h13-14,20H,9-12H2,1-8H3/t13-,14?,19?/m1/s1. The smallest absolute Gasteiger partial charge is 0.00105 e. The molecule has 2 fully saturated rings. The van der Waals surface area contributed by atoms with Gasteiger partial charge in [-0.1, -0.05) is 59.6 Å². The zero-order chi connectivity index (χ0) is 15.3. The van der Waals surface area contributed by atoms with E-state index in [1.165, 1.54) is 19.4 Å². The molecule has 2 aliphatic carbocycles. The Bertz CT molecular complexity index is 405. The molecule has 3 atom stereocenters. The van der Waals surface area contributed by atoms with Gasteiger partial charge in [-0.2, -0.15) is 0 Å². The highest BCUT2D eigenvalue weighted by Crippen LogP contribution is 2.62. The van der Waals surface area contributed by atoms with Crippen LogP contribution in [0.25, 0.3) is 0 Å². The van der Waals surface area contributed by atoms with E-state index in [1.807, 2.05) is 0 Å². The Kier molecular flexibility index (Phi) is 3.91. The predicted octanol–water partition coefficient (Wildman–Crippen LogP) is 5.03. The summed E-state index contributed by atoms with van der Waals surface area (Å²) >= 11 is 0. The average Bonchev–Trinajstić information content (AvgIpc) is 3.08. The van der Waals surface area contributed by atoms with Gasteiger partial charge in [-0.3, -0.25) is 0 Å². The van der Waals surface area contributed by atoms with E-state index < -0.39 is 0 Å². The number of hydrogen-bond acceptors (Lipinski definition) is 1. The quantitative estimate of drug-likeness (QED) is 0.530. The Labute approximate surface area is 126 Å². The molecule has 2 rings (SSSR count). The summed E-state index contributed by atoms with van der Waals surface area (Å²) in [5.41, 5.74) is 4.81. The molecule has 1 heteroatoms. The zero-order valence-corrected chi connectivity index (χ0v) is 15.0. The fourth-order valence-corrected chi connectivity index (χ4v) is 3.83. The predicted molar refractivity (Wildman–Crippen MR) is 88.8 cm³/mol. The minimum Gasteiger partial charge on any atom is -0.316 e. The second-order valence-electron chi connectivity index (χ2n) is 9.09. The Balaban J connectivity index is 1.78. The molecule has 1 nitrogen and oxygen atoms in total. The lowest BCUT2D eigenvalue weighted by atomic mass is 9.81. The van der Waals surface area contributed by atoms with Crippen LogP contribution < -0.4 is 5.32 Å². The lowest BCUT2D eigenvalue weighted by molar-refractivity contribution is 0.354. The van der Waals surface area contributed by atoms with Crippen molar-refractivity contribution in [2.45, 2.75) is 68.2 Å². The summed E-state index contributed by atoms with van der Waals surface area (Å²) < 4.78 is 0. The van der Waals surface area contributed by atoms with Gasteiger partial charge in [0.15, 0.2) is 0 Å². The Morgan fingerprint density at radius 3 is 2.10 bits per heavy atom. The Hall–Kier alpha value is -0.300. The fraction of sp³-hybridized carbons (Fsp3) is 0.895. The largest absolute Gasteiger partial charge is 0.316 e. The van der Waals surface area contributed by atoms with Gasteiger partial charge in [0.2, 0.25) is 0 Å². The summed E-state index contributed by atoms with van der Waals surface area (Å²) in [6.45, 7) is 21.5. The maximum absolute atomic E-state index is 3.71. The SMILES string of the molecule is CC(=C1C(C)[C@H]1C)C(C)(C)CCNCC1(C)CC1(C)C. The average molecular weight is 277 g/mol. The summed E-state index contributed by atoms with van der Waals surface area (Å²) in [7, 11) is 0. The summed E-state index contributed by atoms with van der Waals surface area (Å²) in [6.07, 6.45) is 2.62. The summed E-state index contributed by atoms with van der Waals surface area (Å²) in [6, 6.07) is 0. The molecule has 2 aliphatic rings. The molecular weight excluding hydrogens is 242 g/mol. The van der Waals surface area contributed by atoms with Gasteiger partial charge in [0, 0.05) is 6.54 Å². The molecule has 0 heterocycles. The Morgan fingerprint density at radius 1 is 1.20 bits per heavy atom. The molecule has 0 aromatic heterocycles. The van der Waals surface area contributed by atoms with Gasteiger partial charge in [0.05, 0.1) is 0 Å². The van der Waals surface area contributed by atoms with Crippen LogP contribution in [0.2, 0.25) is 0 Å². The minimum absolute atomic E-state index is 0.349. The molecule has 0 aromatic carbocycles. The summed E-state index contributed by atoms with van der Waals surface area (Å²) in [5, 5.41) is 3.71. The van der Waals surface area contributed by atoms with Crippen LogP contribution >= 0.6 is 0 Å². The van der Waals surface area contributed by atoms with Gasteiger partial charge in [-0.25, -0.2) is 0 Å². The lowest BCUT2D eigenvalue weighted by Gasteiger charge is -2.27. The molecule has 2 saturated carbocycles. The van der Waals surface area contributed by atoms with Crippen LogP contribution in [0.15, 0.2) is 11.1 Å². The fourth-order valence-electron chi connectivity index (χ4n) is 3.83. The first kappa shape index (κ1) is 16.1. The molecule has 0 saturated heterocycles.